The van der Waals surface area contributed by atoms with E-state index in [1.807, 2.05) is 36.4 Å². The highest BCUT2D eigenvalue weighted by Crippen LogP contribution is 2.47. The van der Waals surface area contributed by atoms with Crippen molar-refractivity contribution in [3.8, 4) is 33.6 Å². The van der Waals surface area contributed by atoms with E-state index < -0.39 is 11.7 Å². The minimum Gasteiger partial charge on any atom is -0.310 e. The lowest BCUT2D eigenvalue weighted by molar-refractivity contribution is -0.137. The van der Waals surface area contributed by atoms with E-state index in [-0.39, 0.29) is 5.69 Å². The molecule has 56 heavy (non-hydrogen) atoms. The second-order valence-electron chi connectivity index (χ2n) is 14.6. The summed E-state index contributed by atoms with van der Waals surface area (Å²) < 4.78 is 45.9. The standard InChI is InChI=1S/C49H33F3N4/c1-28-10-17-42-35(22-28)36-23-29(2)11-18-43(36)55(42)46-21-14-32(34-16-15-33(49(50,51)52)27-41(34)54-6)26-39(46)48-40(53-5)8-7-9-47(48)56-44-19-12-30(3)24-37(44)38-25-31(4)13-20-45(38)56/h7-27H,1-4H3. The highest BCUT2D eigenvalue weighted by molar-refractivity contribution is 6.12. The molecule has 0 saturated heterocycles. The van der Waals surface area contributed by atoms with Crippen LogP contribution in [0.25, 0.3) is 86.9 Å². The van der Waals surface area contributed by atoms with Crippen molar-refractivity contribution >= 4 is 55.0 Å². The zero-order valence-corrected chi connectivity index (χ0v) is 31.0. The number of benzene rings is 7. The number of nitrogens with zero attached hydrogens (tertiary/aromatic N) is 4. The Morgan fingerprint density at radius 3 is 1.41 bits per heavy atom. The van der Waals surface area contributed by atoms with E-state index >= 15 is 0 Å². The molecule has 7 aromatic carbocycles. The molecule has 2 heterocycles. The summed E-state index contributed by atoms with van der Waals surface area (Å²) >= 11 is 0. The first-order valence-electron chi connectivity index (χ1n) is 18.2. The molecule has 0 radical (unpaired) electrons. The molecule has 270 valence electrons. The fraction of sp³-hybridized carbons (Fsp3) is 0.102. The molecule has 0 bridgehead atoms. The van der Waals surface area contributed by atoms with E-state index in [1.165, 1.54) is 6.07 Å². The Labute approximate surface area is 321 Å². The molecular formula is C49H33F3N4. The summed E-state index contributed by atoms with van der Waals surface area (Å²) in [6.07, 6.45) is -4.59. The number of halogens is 3. The summed E-state index contributed by atoms with van der Waals surface area (Å²) in [7, 11) is 0. The Morgan fingerprint density at radius 1 is 0.464 bits per heavy atom. The van der Waals surface area contributed by atoms with Crippen LogP contribution in [0, 0.1) is 40.8 Å². The number of alkyl halides is 3. The van der Waals surface area contributed by atoms with E-state index in [9.17, 15) is 13.2 Å². The van der Waals surface area contributed by atoms with Gasteiger partial charge in [-0.05, 0) is 117 Å². The summed E-state index contributed by atoms with van der Waals surface area (Å²) in [6.45, 7) is 24.7. The number of aromatic nitrogens is 2. The third-order valence-electron chi connectivity index (χ3n) is 10.8. The van der Waals surface area contributed by atoms with Crippen molar-refractivity contribution in [1.29, 1.82) is 0 Å². The number of hydrogen-bond acceptors (Lipinski definition) is 0. The molecule has 0 spiro atoms. The summed E-state index contributed by atoms with van der Waals surface area (Å²) in [5, 5.41) is 4.36. The molecule has 0 N–H and O–H groups in total. The van der Waals surface area contributed by atoms with Crippen molar-refractivity contribution in [2.75, 3.05) is 0 Å². The molecule has 2 aromatic heterocycles. The van der Waals surface area contributed by atoms with Crippen molar-refractivity contribution in [3.63, 3.8) is 0 Å². The van der Waals surface area contributed by atoms with Crippen molar-refractivity contribution in [3.05, 3.63) is 178 Å². The Kier molecular flexibility index (Phi) is 7.90. The monoisotopic (exact) mass is 734 g/mol. The molecule has 0 fully saturated rings. The van der Waals surface area contributed by atoms with Gasteiger partial charge in [0.15, 0.2) is 11.4 Å². The number of aryl methyl sites for hydroxylation is 4. The summed E-state index contributed by atoms with van der Waals surface area (Å²) in [6, 6.07) is 40.4. The van der Waals surface area contributed by atoms with Gasteiger partial charge in [-0.3, -0.25) is 0 Å². The molecule has 0 unspecified atom stereocenters. The lowest BCUT2D eigenvalue weighted by Crippen LogP contribution is -2.04. The lowest BCUT2D eigenvalue weighted by Gasteiger charge is -2.21. The minimum atomic E-state index is -4.59. The van der Waals surface area contributed by atoms with Gasteiger partial charge in [-0.1, -0.05) is 76.9 Å². The van der Waals surface area contributed by atoms with Gasteiger partial charge >= 0.3 is 6.18 Å². The van der Waals surface area contributed by atoms with Crippen LogP contribution in [0.2, 0.25) is 0 Å². The van der Waals surface area contributed by atoms with Gasteiger partial charge < -0.3 is 9.13 Å². The van der Waals surface area contributed by atoms with Crippen molar-refractivity contribution in [1.82, 2.24) is 9.13 Å². The highest BCUT2D eigenvalue weighted by atomic mass is 19.4. The third kappa shape index (κ3) is 5.43. The second-order valence-corrected chi connectivity index (χ2v) is 14.6. The minimum absolute atomic E-state index is 0.104. The SMILES string of the molecule is [C-]#[N+]c1cc(C(F)(F)F)ccc1-c1ccc(-n2c3ccc(C)cc3c3cc(C)ccc32)c(-c2c([N+]#[C-])cccc2-n2c3ccc(C)cc3c3cc(C)ccc32)c1. The van der Waals surface area contributed by atoms with Crippen LogP contribution < -0.4 is 0 Å². The molecule has 0 saturated carbocycles. The van der Waals surface area contributed by atoms with Gasteiger partial charge in [-0.2, -0.15) is 13.2 Å². The number of fused-ring (bicyclic) bond motifs is 6. The van der Waals surface area contributed by atoms with E-state index in [0.717, 1.165) is 89.4 Å². The largest absolute Gasteiger partial charge is 0.415 e. The van der Waals surface area contributed by atoms with Gasteiger partial charge in [-0.25, -0.2) is 9.69 Å². The van der Waals surface area contributed by atoms with Crippen molar-refractivity contribution in [2.24, 2.45) is 0 Å². The molecular weight excluding hydrogens is 702 g/mol. The highest BCUT2D eigenvalue weighted by Gasteiger charge is 2.31. The van der Waals surface area contributed by atoms with Gasteiger partial charge in [0.2, 0.25) is 0 Å². The van der Waals surface area contributed by atoms with E-state index in [1.54, 1.807) is 0 Å². The van der Waals surface area contributed by atoms with Crippen LogP contribution >= 0.6 is 0 Å². The first-order chi connectivity index (χ1) is 26.9. The zero-order valence-electron chi connectivity index (χ0n) is 31.0. The predicted molar refractivity (Wildman–Crippen MR) is 222 cm³/mol. The Bertz CT molecular complexity index is 3080. The fourth-order valence-electron chi connectivity index (χ4n) is 8.25. The first-order valence-corrected chi connectivity index (χ1v) is 18.2. The van der Waals surface area contributed by atoms with Crippen LogP contribution in [0.4, 0.5) is 24.5 Å². The number of hydrogen-bond donors (Lipinski definition) is 0. The van der Waals surface area contributed by atoms with E-state index in [4.69, 9.17) is 13.1 Å². The topological polar surface area (TPSA) is 18.6 Å². The molecule has 4 nitrogen and oxygen atoms in total. The molecule has 9 aromatic rings. The van der Waals surface area contributed by atoms with Crippen molar-refractivity contribution in [2.45, 2.75) is 33.9 Å². The van der Waals surface area contributed by atoms with Crippen LogP contribution in [0.5, 0.6) is 0 Å². The quantitative estimate of drug-likeness (QED) is 0.160. The maximum Gasteiger partial charge on any atom is 0.415 e. The molecule has 9 rings (SSSR count). The zero-order chi connectivity index (χ0) is 39.0. The summed E-state index contributed by atoms with van der Waals surface area (Å²) in [5.41, 5.74) is 11.8. The first kappa shape index (κ1) is 34.7. The van der Waals surface area contributed by atoms with Gasteiger partial charge in [0.05, 0.1) is 40.9 Å². The Balaban J connectivity index is 1.44. The maximum atomic E-state index is 13.8. The lowest BCUT2D eigenvalue weighted by atomic mass is 9.93. The molecule has 0 amide bonds. The average Bonchev–Trinajstić information content (AvgIpc) is 3.67. The second kappa shape index (κ2) is 12.8. The van der Waals surface area contributed by atoms with Crippen LogP contribution in [0.1, 0.15) is 27.8 Å². The molecule has 0 aliphatic heterocycles. The Morgan fingerprint density at radius 2 is 0.946 bits per heavy atom. The smallest absolute Gasteiger partial charge is 0.310 e. The normalized spacial score (nSPS) is 11.8. The fourth-order valence-corrected chi connectivity index (χ4v) is 8.25. The van der Waals surface area contributed by atoms with Gasteiger partial charge in [0.25, 0.3) is 0 Å². The summed E-state index contributed by atoms with van der Waals surface area (Å²) in [5.74, 6) is 0. The molecule has 7 heteroatoms. The number of rotatable bonds is 4. The molecule has 0 aliphatic carbocycles. The maximum absolute atomic E-state index is 13.8. The van der Waals surface area contributed by atoms with Crippen LogP contribution in [0.15, 0.2) is 127 Å². The van der Waals surface area contributed by atoms with Crippen LogP contribution in [0.3, 0.4) is 0 Å². The van der Waals surface area contributed by atoms with E-state index in [2.05, 4.69) is 119 Å². The Hall–Kier alpha value is -7.09. The molecule has 0 atom stereocenters. The van der Waals surface area contributed by atoms with Gasteiger partial charge in [0, 0.05) is 38.4 Å². The van der Waals surface area contributed by atoms with Gasteiger partial charge in [-0.15, -0.1) is 0 Å². The van der Waals surface area contributed by atoms with E-state index in [0.29, 0.717) is 27.9 Å². The summed E-state index contributed by atoms with van der Waals surface area (Å²) in [4.78, 5) is 7.67. The van der Waals surface area contributed by atoms with Crippen molar-refractivity contribution < 1.29 is 13.2 Å². The third-order valence-corrected chi connectivity index (χ3v) is 10.8. The van der Waals surface area contributed by atoms with Crippen LogP contribution in [-0.4, -0.2) is 9.13 Å². The van der Waals surface area contributed by atoms with Gasteiger partial charge in [0.1, 0.15) is 0 Å². The molecule has 0 aliphatic rings. The average molecular weight is 735 g/mol. The predicted octanol–water partition coefficient (Wildman–Crippen LogP) is 14.6. The van der Waals surface area contributed by atoms with Crippen LogP contribution in [-0.2, 0) is 6.18 Å².